The van der Waals surface area contributed by atoms with Crippen LogP contribution < -0.4 is 9.46 Å². The molecular weight excluding hydrogens is 727 g/mol. The number of fused-ring (bicyclic) bond motifs is 7. The predicted octanol–water partition coefficient (Wildman–Crippen LogP) is 7.93. The number of hydrogen-bond acceptors (Lipinski definition) is 7. The van der Waals surface area contributed by atoms with Crippen molar-refractivity contribution in [1.82, 2.24) is 24.0 Å². The highest BCUT2D eigenvalue weighted by Gasteiger charge is 2.48. The third-order valence-corrected chi connectivity index (χ3v) is 14.0. The first kappa shape index (κ1) is 38.5. The number of benzene rings is 2. The van der Waals surface area contributed by atoms with Crippen molar-refractivity contribution in [2.45, 2.75) is 129 Å². The first-order valence-electron chi connectivity index (χ1n) is 20.4. The molecule has 8 rings (SSSR count). The molecule has 3 aliphatic heterocycles. The lowest BCUT2D eigenvalue weighted by atomic mass is 9.81. The minimum atomic E-state index is -3.83. The van der Waals surface area contributed by atoms with E-state index in [9.17, 15) is 23.1 Å². The fourth-order valence-electron chi connectivity index (χ4n) is 10.2. The highest BCUT2D eigenvalue weighted by Crippen LogP contribution is 2.49. The van der Waals surface area contributed by atoms with Crippen molar-refractivity contribution in [2.24, 2.45) is 5.92 Å². The molecule has 1 saturated carbocycles. The van der Waals surface area contributed by atoms with Crippen LogP contribution in [0.1, 0.15) is 142 Å². The van der Waals surface area contributed by atoms with Crippen LogP contribution in [0.4, 0.5) is 0 Å². The van der Waals surface area contributed by atoms with E-state index >= 15 is 0 Å². The Labute approximate surface area is 330 Å². The number of carbonyl (C=O) groups excluding carboxylic acids is 2. The van der Waals surface area contributed by atoms with Gasteiger partial charge in [0.1, 0.15) is 5.75 Å². The van der Waals surface area contributed by atoms with E-state index in [1.54, 1.807) is 19.4 Å². The number of aromatic nitrogens is 3. The Hall–Kier alpha value is -4.42. The molecule has 1 aliphatic carbocycles. The van der Waals surface area contributed by atoms with Gasteiger partial charge >= 0.3 is 0 Å². The van der Waals surface area contributed by atoms with Gasteiger partial charge < -0.3 is 19.3 Å². The molecule has 3 atom stereocenters. The van der Waals surface area contributed by atoms with Crippen molar-refractivity contribution in [2.75, 3.05) is 12.9 Å². The molecule has 2 N–H and O–H groups in total. The Morgan fingerprint density at radius 1 is 0.982 bits per heavy atom. The molecule has 2 aromatic heterocycles. The molecule has 12 heteroatoms. The van der Waals surface area contributed by atoms with Gasteiger partial charge in [0.05, 0.1) is 48.2 Å². The van der Waals surface area contributed by atoms with Crippen LogP contribution >= 0.6 is 0 Å². The van der Waals surface area contributed by atoms with Gasteiger partial charge in [-0.25, -0.2) is 13.1 Å². The Morgan fingerprint density at radius 2 is 1.70 bits per heavy atom. The highest BCUT2D eigenvalue weighted by molar-refractivity contribution is 7.90. The summed E-state index contributed by atoms with van der Waals surface area (Å²) in [5.41, 5.74) is 6.79. The normalized spacial score (nSPS) is 22.6. The second kappa shape index (κ2) is 14.5. The molecule has 4 aromatic rings. The molecule has 11 nitrogen and oxygen atoms in total. The first-order valence-corrected chi connectivity index (χ1v) is 22.0. The first-order chi connectivity index (χ1) is 26.6. The number of allylic oxidation sites excluding steroid dienone is 1. The number of piperidine rings is 1. The molecule has 298 valence electrons. The van der Waals surface area contributed by atoms with Crippen LogP contribution in [0.5, 0.6) is 5.75 Å². The Kier molecular flexibility index (Phi) is 9.96. The average molecular weight is 782 g/mol. The maximum Gasteiger partial charge on any atom is 0.264 e. The summed E-state index contributed by atoms with van der Waals surface area (Å²) < 4.78 is 38.1. The van der Waals surface area contributed by atoms with E-state index in [0.29, 0.717) is 30.9 Å². The van der Waals surface area contributed by atoms with Gasteiger partial charge in [0, 0.05) is 40.2 Å². The summed E-state index contributed by atoms with van der Waals surface area (Å²) in [4.78, 5) is 30.5. The van der Waals surface area contributed by atoms with Crippen molar-refractivity contribution in [1.29, 1.82) is 0 Å². The molecule has 0 unspecified atom stereocenters. The molecule has 2 amide bonds. The number of carbonyl (C=O) groups is 2. The number of sulfonamides is 1. The monoisotopic (exact) mass is 781 g/mol. The topological polar surface area (TPSA) is 136 Å². The summed E-state index contributed by atoms with van der Waals surface area (Å²) in [7, 11) is -2.17. The summed E-state index contributed by atoms with van der Waals surface area (Å²) >= 11 is 0. The molecular formula is C44H55N5O6S. The lowest BCUT2D eigenvalue weighted by Crippen LogP contribution is -2.52. The van der Waals surface area contributed by atoms with Crippen molar-refractivity contribution in [3.05, 3.63) is 70.5 Å². The van der Waals surface area contributed by atoms with Crippen LogP contribution in [0.15, 0.2) is 42.6 Å². The second-order valence-corrected chi connectivity index (χ2v) is 19.4. The number of amides is 2. The van der Waals surface area contributed by atoms with Gasteiger partial charge in [-0.2, -0.15) is 5.10 Å². The predicted molar refractivity (Wildman–Crippen MR) is 219 cm³/mol. The molecule has 2 aromatic carbocycles. The minimum absolute atomic E-state index is 0.0356. The van der Waals surface area contributed by atoms with E-state index in [2.05, 4.69) is 41.3 Å². The van der Waals surface area contributed by atoms with Crippen LogP contribution in [-0.2, 0) is 16.6 Å². The van der Waals surface area contributed by atoms with E-state index in [1.165, 1.54) is 12.0 Å². The lowest BCUT2D eigenvalue weighted by Gasteiger charge is -2.42. The van der Waals surface area contributed by atoms with Crippen molar-refractivity contribution >= 4 is 44.4 Å². The van der Waals surface area contributed by atoms with E-state index in [1.807, 2.05) is 48.6 Å². The van der Waals surface area contributed by atoms with Gasteiger partial charge in [0.15, 0.2) is 0 Å². The lowest BCUT2D eigenvalue weighted by molar-refractivity contribution is -0.0300. The molecule has 2 saturated heterocycles. The van der Waals surface area contributed by atoms with Gasteiger partial charge in [-0.05, 0) is 124 Å². The van der Waals surface area contributed by atoms with Gasteiger partial charge in [-0.3, -0.25) is 14.3 Å². The number of nitrogens with one attached hydrogen (secondary N) is 1. The van der Waals surface area contributed by atoms with E-state index < -0.39 is 21.5 Å². The molecule has 56 heavy (non-hydrogen) atoms. The van der Waals surface area contributed by atoms with Crippen LogP contribution in [0.3, 0.4) is 0 Å². The second-order valence-electron chi connectivity index (χ2n) is 17.6. The van der Waals surface area contributed by atoms with Gasteiger partial charge in [0.2, 0.25) is 10.0 Å². The smallest absolute Gasteiger partial charge is 0.264 e. The maximum absolute atomic E-state index is 14.8. The largest absolute Gasteiger partial charge is 0.497 e. The number of aliphatic hydroxyl groups is 1. The Bertz CT molecular complexity index is 2330. The van der Waals surface area contributed by atoms with Crippen molar-refractivity contribution in [3.63, 3.8) is 0 Å². The van der Waals surface area contributed by atoms with Crippen LogP contribution in [0.25, 0.3) is 33.8 Å². The SMILES string of the molecule is COc1ccc2c(c1)C=C(c1c(C(=O)N3[C@@H]4CC[C@H]3C[C@@](C)(O)C4)cnn1C(C)C)Cn1c-2c(C2CCCCC2)c2ccc(C(=O)NS(=O)(=O)CC(C)C)cc21. The van der Waals surface area contributed by atoms with Gasteiger partial charge in [-0.15, -0.1) is 0 Å². The number of nitrogens with zero attached hydrogens (tertiary/aromatic N) is 4. The van der Waals surface area contributed by atoms with Crippen molar-refractivity contribution in [3.8, 4) is 17.0 Å². The zero-order chi connectivity index (χ0) is 39.7. The molecule has 5 heterocycles. The third-order valence-electron chi connectivity index (χ3n) is 12.4. The van der Waals surface area contributed by atoms with Crippen LogP contribution in [0.2, 0.25) is 0 Å². The number of hydrogen-bond donors (Lipinski definition) is 2. The maximum atomic E-state index is 14.8. The van der Waals surface area contributed by atoms with Crippen LogP contribution in [0, 0.1) is 5.92 Å². The van der Waals surface area contributed by atoms with Gasteiger partial charge in [-0.1, -0.05) is 39.2 Å². The standard InChI is InChI=1S/C44H55N5O6S/c1-26(2)25-56(53,54)46-42(50)29-12-16-36-38(20-29)47-24-31(18-30-19-34(55-6)15-17-35(30)41(47)39(36)28-10-8-7-9-11-28)40-37(23-45-49(40)27(3)4)43(51)48-32-13-14-33(48)22-44(5,52)21-32/h12,15-20,23,26-28,32-33,52H,7-11,13-14,21-22,24-25H2,1-6H3,(H,46,50)/t32-,33+,44+. The fourth-order valence-corrected chi connectivity index (χ4v) is 11.5. The summed E-state index contributed by atoms with van der Waals surface area (Å²) in [5, 5.41) is 16.9. The summed E-state index contributed by atoms with van der Waals surface area (Å²) in [6.45, 7) is 10.0. The minimum Gasteiger partial charge on any atom is -0.497 e. The summed E-state index contributed by atoms with van der Waals surface area (Å²) in [5.74, 6) is 0.0169. The molecule has 4 aliphatic rings. The van der Waals surface area contributed by atoms with Crippen LogP contribution in [-0.4, -0.2) is 75.1 Å². The van der Waals surface area contributed by atoms with Gasteiger partial charge in [0.25, 0.3) is 11.8 Å². The highest BCUT2D eigenvalue weighted by atomic mass is 32.2. The summed E-state index contributed by atoms with van der Waals surface area (Å²) in [6, 6.07) is 11.6. The Morgan fingerprint density at radius 3 is 2.36 bits per heavy atom. The summed E-state index contributed by atoms with van der Waals surface area (Å²) in [6.07, 6.45) is 12.3. The zero-order valence-corrected chi connectivity index (χ0v) is 34.3. The fraction of sp³-hybridized carbons (Fsp3) is 0.523. The van der Waals surface area contributed by atoms with E-state index in [0.717, 1.165) is 83.3 Å². The quantitative estimate of drug-likeness (QED) is 0.176. The molecule has 0 spiro atoms. The van der Waals surface area contributed by atoms with E-state index in [-0.39, 0.29) is 41.3 Å². The number of methoxy groups -OCH3 is 1. The molecule has 3 fully saturated rings. The van der Waals surface area contributed by atoms with Crippen molar-refractivity contribution < 1.29 is 27.9 Å². The third kappa shape index (κ3) is 6.97. The Balaban J connectivity index is 1.32. The van der Waals surface area contributed by atoms with E-state index in [4.69, 9.17) is 9.84 Å². The molecule has 2 bridgehead atoms. The number of ether oxygens (including phenoxy) is 1. The molecule has 0 radical (unpaired) electrons. The zero-order valence-electron chi connectivity index (χ0n) is 33.5. The average Bonchev–Trinajstić information content (AvgIpc) is 3.77. The number of rotatable bonds is 9.